The van der Waals surface area contributed by atoms with Crippen LogP contribution in [0.1, 0.15) is 86.5 Å². The molecule has 0 unspecified atom stereocenters. The molecule has 10 heteroatoms. The molecule has 1 heterocycles. The Morgan fingerprint density at radius 3 is 2.44 bits per heavy atom. The number of hydrogen-bond donors (Lipinski definition) is 1. The average Bonchev–Trinajstić information content (AvgIpc) is 3.45. The van der Waals surface area contributed by atoms with Gasteiger partial charge in [-0.1, -0.05) is 26.8 Å². The molecule has 0 aromatic carbocycles. The maximum absolute atomic E-state index is 14.5. The minimum Gasteiger partial charge on any atom is -0.465 e. The first-order valence-electron chi connectivity index (χ1n) is 15.8. The molecule has 1 N–H and O–H groups in total. The first-order valence-corrected chi connectivity index (χ1v) is 15.8. The third kappa shape index (κ3) is 4.91. The number of rotatable bonds is 5. The fraction of sp³-hybridized carbons (Fsp3) is 0.818. The van der Waals surface area contributed by atoms with Crippen molar-refractivity contribution in [3.05, 3.63) is 12.2 Å². The highest BCUT2D eigenvalue weighted by atomic mass is 16.6. The van der Waals surface area contributed by atoms with E-state index in [0.29, 0.717) is 37.8 Å². The number of nitrogens with zero attached hydrogens (tertiary/aromatic N) is 1. The first kappa shape index (κ1) is 31.9. The first-order chi connectivity index (χ1) is 20.0. The van der Waals surface area contributed by atoms with Gasteiger partial charge in [0.2, 0.25) is 0 Å². The van der Waals surface area contributed by atoms with E-state index in [9.17, 15) is 24.3 Å². The smallest absolute Gasteiger partial charge is 0.411 e. The zero-order chi connectivity index (χ0) is 31.7. The SMILES string of the molecule is C=C1C(=O)[C@]23[C@H](OC(=O)[C@@H]4CCCN4C(=O)OC(C)(C)C)[C@H]1C[C@H](O)[C@H]2[C@]1(COC(C)=O)CCCC(C)(C)[C@H]1C[C@H]3OC. The number of fused-ring (bicyclic) bond motifs is 3. The molecule has 1 saturated heterocycles. The lowest BCUT2D eigenvalue weighted by atomic mass is 9.39. The van der Waals surface area contributed by atoms with E-state index in [4.69, 9.17) is 18.9 Å². The van der Waals surface area contributed by atoms with E-state index < -0.39 is 70.7 Å². The number of aliphatic hydroxyl groups excluding tert-OH is 1. The summed E-state index contributed by atoms with van der Waals surface area (Å²) >= 11 is 0. The fourth-order valence-corrected chi connectivity index (χ4v) is 9.84. The van der Waals surface area contributed by atoms with Crippen LogP contribution in [0.25, 0.3) is 0 Å². The molecular weight excluding hydrogens is 554 g/mol. The Kier molecular flexibility index (Phi) is 8.07. The lowest BCUT2D eigenvalue weighted by Crippen LogP contribution is -2.72. The van der Waals surface area contributed by atoms with Crippen LogP contribution in [0.5, 0.6) is 0 Å². The van der Waals surface area contributed by atoms with Crippen LogP contribution in [-0.2, 0) is 33.3 Å². The number of ketones is 1. The van der Waals surface area contributed by atoms with E-state index in [1.165, 1.54) is 11.8 Å². The number of aliphatic hydroxyl groups is 1. The van der Waals surface area contributed by atoms with Crippen LogP contribution >= 0.6 is 0 Å². The van der Waals surface area contributed by atoms with Crippen LogP contribution < -0.4 is 0 Å². The third-order valence-corrected chi connectivity index (χ3v) is 11.3. The number of esters is 2. The van der Waals surface area contributed by atoms with Crippen LogP contribution in [0.4, 0.5) is 4.79 Å². The Balaban J connectivity index is 1.58. The molecule has 43 heavy (non-hydrogen) atoms. The van der Waals surface area contributed by atoms with Crippen molar-refractivity contribution < 1.29 is 43.2 Å². The molecule has 240 valence electrons. The second-order valence-corrected chi connectivity index (χ2v) is 15.2. The Morgan fingerprint density at radius 2 is 1.81 bits per heavy atom. The van der Waals surface area contributed by atoms with Gasteiger partial charge in [0.25, 0.3) is 0 Å². The van der Waals surface area contributed by atoms with Gasteiger partial charge >= 0.3 is 18.0 Å². The highest BCUT2D eigenvalue weighted by molar-refractivity contribution is 6.05. The van der Waals surface area contributed by atoms with Crippen molar-refractivity contribution in [3.63, 3.8) is 0 Å². The molecule has 4 saturated carbocycles. The molecule has 5 rings (SSSR count). The number of methoxy groups -OCH3 is 1. The lowest BCUT2D eigenvalue weighted by Gasteiger charge is -2.67. The predicted molar refractivity (Wildman–Crippen MR) is 156 cm³/mol. The van der Waals surface area contributed by atoms with E-state index >= 15 is 0 Å². The number of amides is 1. The average molecular weight is 604 g/mol. The minimum absolute atomic E-state index is 0.0182. The summed E-state index contributed by atoms with van der Waals surface area (Å²) in [5.74, 6) is -2.55. The van der Waals surface area contributed by atoms with Gasteiger partial charge in [-0.25, -0.2) is 9.59 Å². The lowest BCUT2D eigenvalue weighted by molar-refractivity contribution is -0.272. The minimum atomic E-state index is -1.40. The molecule has 0 aromatic rings. The molecule has 4 aliphatic carbocycles. The Hall–Kier alpha value is -2.46. The molecule has 1 aliphatic heterocycles. The Labute approximate surface area is 254 Å². The molecule has 5 aliphatic rings. The van der Waals surface area contributed by atoms with Gasteiger partial charge in [-0.05, 0) is 76.2 Å². The monoisotopic (exact) mass is 603 g/mol. The maximum Gasteiger partial charge on any atom is 0.411 e. The molecule has 5 fully saturated rings. The zero-order valence-electron chi connectivity index (χ0n) is 26.8. The summed E-state index contributed by atoms with van der Waals surface area (Å²) < 4.78 is 23.9. The zero-order valence-corrected chi connectivity index (χ0v) is 26.8. The summed E-state index contributed by atoms with van der Waals surface area (Å²) in [4.78, 5) is 55.1. The summed E-state index contributed by atoms with van der Waals surface area (Å²) in [6, 6.07) is -0.847. The number of ether oxygens (including phenoxy) is 4. The Bertz CT molecular complexity index is 1190. The summed E-state index contributed by atoms with van der Waals surface area (Å²) in [6.45, 7) is 15.7. The van der Waals surface area contributed by atoms with Gasteiger partial charge in [0.05, 0.1) is 18.8 Å². The van der Waals surface area contributed by atoms with E-state index in [2.05, 4.69) is 20.4 Å². The van der Waals surface area contributed by atoms with Gasteiger partial charge in [0.15, 0.2) is 5.78 Å². The highest BCUT2D eigenvalue weighted by Crippen LogP contribution is 2.72. The largest absolute Gasteiger partial charge is 0.465 e. The van der Waals surface area contributed by atoms with Gasteiger partial charge < -0.3 is 24.1 Å². The number of hydrogen-bond acceptors (Lipinski definition) is 9. The van der Waals surface area contributed by atoms with Crippen molar-refractivity contribution in [1.29, 1.82) is 0 Å². The van der Waals surface area contributed by atoms with E-state index in [0.717, 1.165) is 12.8 Å². The maximum atomic E-state index is 14.5. The van der Waals surface area contributed by atoms with Gasteiger partial charge in [0, 0.05) is 37.8 Å². The van der Waals surface area contributed by atoms with E-state index in [-0.39, 0.29) is 30.1 Å². The molecule has 10 nitrogen and oxygen atoms in total. The fourth-order valence-electron chi connectivity index (χ4n) is 9.84. The molecule has 0 aromatic heterocycles. The predicted octanol–water partition coefficient (Wildman–Crippen LogP) is 4.21. The van der Waals surface area contributed by atoms with Gasteiger partial charge in [0.1, 0.15) is 23.2 Å². The molecular formula is C33H49NO9. The summed E-state index contributed by atoms with van der Waals surface area (Å²) in [7, 11) is 1.57. The third-order valence-electron chi connectivity index (χ3n) is 11.3. The van der Waals surface area contributed by atoms with Crippen LogP contribution in [0.15, 0.2) is 12.2 Å². The standard InChI is InChI=1S/C33H49NO9/c1-18-20-15-22(36)25-32(17-41-19(2)35)13-10-12-31(6,7)23(32)16-24(40-8)33(25,26(18)37)27(20)42-28(38)21-11-9-14-34(21)29(39)43-30(3,4)5/h20-25,27,36H,1,9-17H2,2-8H3/t20-,21-,22-,23+,24+,25-,27+,32-,33+/m0/s1. The Morgan fingerprint density at radius 1 is 1.12 bits per heavy atom. The van der Waals surface area contributed by atoms with Crippen LogP contribution in [0.3, 0.4) is 0 Å². The summed E-state index contributed by atoms with van der Waals surface area (Å²) in [5, 5.41) is 12.0. The highest BCUT2D eigenvalue weighted by Gasteiger charge is 2.78. The molecule has 0 radical (unpaired) electrons. The van der Waals surface area contributed by atoms with Crippen molar-refractivity contribution in [2.24, 2.45) is 34.0 Å². The van der Waals surface area contributed by atoms with Crippen molar-refractivity contribution in [1.82, 2.24) is 4.90 Å². The van der Waals surface area contributed by atoms with Crippen molar-refractivity contribution in [2.75, 3.05) is 20.3 Å². The molecule has 2 bridgehead atoms. The van der Waals surface area contributed by atoms with Crippen LogP contribution in [0.2, 0.25) is 0 Å². The van der Waals surface area contributed by atoms with Gasteiger partial charge in [-0.2, -0.15) is 0 Å². The summed E-state index contributed by atoms with van der Waals surface area (Å²) in [5.41, 5.74) is -2.70. The number of carbonyl (C=O) groups excluding carboxylic acids is 4. The number of Topliss-reactive ketones (excluding diaryl/α,β-unsaturated/α-hetero) is 1. The van der Waals surface area contributed by atoms with Gasteiger partial charge in [-0.3, -0.25) is 14.5 Å². The summed E-state index contributed by atoms with van der Waals surface area (Å²) in [6.07, 6.45) is 1.10. The van der Waals surface area contributed by atoms with Crippen LogP contribution in [0, 0.1) is 34.0 Å². The van der Waals surface area contributed by atoms with Crippen molar-refractivity contribution in [3.8, 4) is 0 Å². The van der Waals surface area contributed by atoms with Crippen molar-refractivity contribution in [2.45, 2.75) is 116 Å². The second kappa shape index (κ2) is 10.9. The normalized spacial score (nSPS) is 40.0. The second-order valence-electron chi connectivity index (χ2n) is 15.2. The van der Waals surface area contributed by atoms with Gasteiger partial charge in [-0.15, -0.1) is 0 Å². The molecule has 1 spiro atoms. The molecule has 9 atom stereocenters. The number of likely N-dealkylation sites (tertiary alicyclic amines) is 1. The van der Waals surface area contributed by atoms with E-state index in [1.807, 2.05) is 0 Å². The van der Waals surface area contributed by atoms with Crippen molar-refractivity contribution >= 4 is 23.8 Å². The number of carbonyl (C=O) groups is 4. The van der Waals surface area contributed by atoms with E-state index in [1.54, 1.807) is 27.9 Å². The topological polar surface area (TPSA) is 129 Å². The quantitative estimate of drug-likeness (QED) is 0.279. The van der Waals surface area contributed by atoms with Crippen LogP contribution in [-0.4, -0.2) is 84.0 Å². The molecule has 1 amide bonds.